The zero-order valence-corrected chi connectivity index (χ0v) is 19.1. The summed E-state index contributed by atoms with van der Waals surface area (Å²) in [6, 6.07) is 11.6. The van der Waals surface area contributed by atoms with Crippen LogP contribution in [0.25, 0.3) is 11.4 Å². The molecule has 0 radical (unpaired) electrons. The van der Waals surface area contributed by atoms with Crippen LogP contribution in [0.1, 0.15) is 53.7 Å². The van der Waals surface area contributed by atoms with Gasteiger partial charge in [0.2, 0.25) is 0 Å². The first-order chi connectivity index (χ1) is 15.5. The number of hydrogen-bond acceptors (Lipinski definition) is 4. The van der Waals surface area contributed by atoms with Gasteiger partial charge in [-0.3, -0.25) is 9.78 Å². The number of piperidine rings is 1. The minimum atomic E-state index is 0.0207. The van der Waals surface area contributed by atoms with Gasteiger partial charge in [-0.2, -0.15) is 0 Å². The van der Waals surface area contributed by atoms with Gasteiger partial charge in [0, 0.05) is 47.5 Å². The Hall–Kier alpha value is -2.79. The van der Waals surface area contributed by atoms with Crippen molar-refractivity contribution in [2.45, 2.75) is 51.5 Å². The molecule has 1 spiro atoms. The van der Waals surface area contributed by atoms with E-state index in [0.717, 1.165) is 49.0 Å². The Morgan fingerprint density at radius 3 is 2.66 bits per heavy atom. The van der Waals surface area contributed by atoms with Crippen molar-refractivity contribution in [1.82, 2.24) is 19.9 Å². The van der Waals surface area contributed by atoms with E-state index < -0.39 is 0 Å². The molecular weight excluding hydrogens is 420 g/mol. The molecule has 0 unspecified atom stereocenters. The first-order valence-electron chi connectivity index (χ1n) is 11.3. The number of amides is 1. The summed E-state index contributed by atoms with van der Waals surface area (Å²) in [6.45, 7) is 2.83. The van der Waals surface area contributed by atoms with E-state index in [4.69, 9.17) is 11.6 Å². The number of hydrogen-bond donors (Lipinski definition) is 0. The number of pyridine rings is 1. The number of carbonyl (C=O) groups is 1. The van der Waals surface area contributed by atoms with Crippen LogP contribution in [0.4, 0.5) is 0 Å². The van der Waals surface area contributed by atoms with Crippen LogP contribution in [0.5, 0.6) is 0 Å². The van der Waals surface area contributed by atoms with Gasteiger partial charge in [-0.15, -0.1) is 0 Å². The van der Waals surface area contributed by atoms with E-state index in [9.17, 15) is 4.79 Å². The van der Waals surface area contributed by atoms with Gasteiger partial charge in [0.05, 0.1) is 5.56 Å². The molecule has 3 aromatic rings. The van der Waals surface area contributed by atoms with Gasteiger partial charge in [0.1, 0.15) is 0 Å². The highest BCUT2D eigenvalue weighted by Crippen LogP contribution is 2.55. The van der Waals surface area contributed by atoms with Crippen LogP contribution in [-0.2, 0) is 6.42 Å². The molecule has 0 bridgehead atoms. The number of aromatic nitrogens is 3. The molecule has 2 aromatic heterocycles. The Kier molecular flexibility index (Phi) is 5.68. The monoisotopic (exact) mass is 446 g/mol. The Balaban J connectivity index is 1.42. The molecule has 0 N–H and O–H groups in total. The lowest BCUT2D eigenvalue weighted by molar-refractivity contribution is 0.0509. The summed E-state index contributed by atoms with van der Waals surface area (Å²) in [4.78, 5) is 29.2. The Bertz CT molecular complexity index is 1110. The van der Waals surface area contributed by atoms with Crippen molar-refractivity contribution in [3.05, 3.63) is 76.8 Å². The molecule has 1 aromatic carbocycles. The molecule has 1 saturated heterocycles. The lowest BCUT2D eigenvalue weighted by Crippen LogP contribution is -2.47. The van der Waals surface area contributed by atoms with Crippen molar-refractivity contribution in [3.63, 3.8) is 0 Å². The predicted molar refractivity (Wildman–Crippen MR) is 125 cm³/mol. The summed E-state index contributed by atoms with van der Waals surface area (Å²) in [5.41, 5.74) is 4.00. The summed E-state index contributed by atoms with van der Waals surface area (Å²) in [6.07, 6.45) is 11.8. The lowest BCUT2D eigenvalue weighted by Gasteiger charge is -2.40. The molecule has 1 aliphatic carbocycles. The van der Waals surface area contributed by atoms with E-state index in [1.54, 1.807) is 30.6 Å². The van der Waals surface area contributed by atoms with Gasteiger partial charge in [-0.05, 0) is 86.8 Å². The lowest BCUT2D eigenvalue weighted by atomic mass is 9.85. The highest BCUT2D eigenvalue weighted by molar-refractivity contribution is 6.31. The van der Waals surface area contributed by atoms with Crippen molar-refractivity contribution >= 4 is 17.5 Å². The van der Waals surface area contributed by atoms with Gasteiger partial charge >= 0.3 is 0 Å². The number of carbonyl (C=O) groups excluding carboxylic acids is 1. The fourth-order valence-electron chi connectivity index (χ4n) is 4.85. The molecule has 1 atom stereocenters. The predicted octanol–water partition coefficient (Wildman–Crippen LogP) is 5.52. The average Bonchev–Trinajstić information content (AvgIpc) is 3.57. The fourth-order valence-corrected chi connectivity index (χ4v) is 5.02. The highest BCUT2D eigenvalue weighted by Gasteiger charge is 2.49. The minimum absolute atomic E-state index is 0.0207. The normalized spacial score (nSPS) is 19.2. The third kappa shape index (κ3) is 4.40. The maximum atomic E-state index is 13.8. The summed E-state index contributed by atoms with van der Waals surface area (Å²) >= 11 is 6.31. The molecule has 5 nitrogen and oxygen atoms in total. The summed E-state index contributed by atoms with van der Waals surface area (Å²) in [5.74, 6) is 0.566. The van der Waals surface area contributed by atoms with E-state index in [2.05, 4.69) is 32.0 Å². The maximum Gasteiger partial charge on any atom is 0.254 e. The van der Waals surface area contributed by atoms with Gasteiger partial charge < -0.3 is 4.90 Å². The third-order valence-electron chi connectivity index (χ3n) is 6.94. The van der Waals surface area contributed by atoms with E-state index in [1.807, 2.05) is 19.2 Å². The summed E-state index contributed by atoms with van der Waals surface area (Å²) in [5, 5.41) is 0.545. The molecule has 164 valence electrons. The van der Waals surface area contributed by atoms with Crippen molar-refractivity contribution in [2.24, 2.45) is 5.41 Å². The minimum Gasteiger partial charge on any atom is -0.336 e. The molecule has 2 aliphatic rings. The van der Waals surface area contributed by atoms with Crippen molar-refractivity contribution in [2.75, 3.05) is 6.54 Å². The summed E-state index contributed by atoms with van der Waals surface area (Å²) in [7, 11) is 0. The largest absolute Gasteiger partial charge is 0.336 e. The second kappa shape index (κ2) is 8.62. The van der Waals surface area contributed by atoms with E-state index in [0.29, 0.717) is 21.8 Å². The topological polar surface area (TPSA) is 59.0 Å². The quantitative estimate of drug-likeness (QED) is 0.517. The van der Waals surface area contributed by atoms with E-state index >= 15 is 0 Å². The Morgan fingerprint density at radius 1 is 1.12 bits per heavy atom. The van der Waals surface area contributed by atoms with Crippen LogP contribution in [0.2, 0.25) is 5.02 Å². The average molecular weight is 447 g/mol. The molecule has 5 rings (SSSR count). The second-order valence-electron chi connectivity index (χ2n) is 9.23. The smallest absolute Gasteiger partial charge is 0.254 e. The van der Waals surface area contributed by atoms with Crippen LogP contribution in [0.3, 0.4) is 0 Å². The highest BCUT2D eigenvalue weighted by atomic mass is 35.5. The Morgan fingerprint density at radius 2 is 1.94 bits per heavy atom. The van der Waals surface area contributed by atoms with Gasteiger partial charge in [-0.1, -0.05) is 17.7 Å². The van der Waals surface area contributed by atoms with Crippen molar-refractivity contribution < 1.29 is 4.79 Å². The SMILES string of the molecule is Cc1ccc(CC[C@@H]2CC3(CCN2C(=O)c2cc(Cl)ccc2-c2ncccn2)CC3)nc1. The molecule has 3 heterocycles. The molecule has 6 heteroatoms. The third-order valence-corrected chi connectivity index (χ3v) is 7.17. The standard InChI is InChI=1S/C26H27ClN4O/c1-18-3-5-20(30-17-18)6-7-21-16-26(9-10-26)11-14-31(21)25(32)23-15-19(27)4-8-22(23)24-28-12-2-13-29-24/h2-5,8,12-13,15,17,21H,6-7,9-11,14,16H2,1H3/t21-/m1/s1. The van der Waals surface area contributed by atoms with Gasteiger partial charge in [-0.25, -0.2) is 9.97 Å². The second-order valence-corrected chi connectivity index (χ2v) is 9.67. The van der Waals surface area contributed by atoms with Crippen LogP contribution >= 0.6 is 11.6 Å². The number of likely N-dealkylation sites (tertiary alicyclic amines) is 1. The van der Waals surface area contributed by atoms with Crippen LogP contribution in [0.15, 0.2) is 55.0 Å². The zero-order chi connectivity index (χ0) is 22.1. The van der Waals surface area contributed by atoms with E-state index in [-0.39, 0.29) is 11.9 Å². The zero-order valence-electron chi connectivity index (χ0n) is 18.3. The Labute approximate surface area is 193 Å². The van der Waals surface area contributed by atoms with Crippen molar-refractivity contribution in [3.8, 4) is 11.4 Å². The van der Waals surface area contributed by atoms with Crippen LogP contribution < -0.4 is 0 Å². The fraction of sp³-hybridized carbons (Fsp3) is 0.385. The number of aryl methyl sites for hydroxylation is 2. The molecule has 32 heavy (non-hydrogen) atoms. The molecule has 2 fully saturated rings. The number of nitrogens with zero attached hydrogens (tertiary/aromatic N) is 4. The first-order valence-corrected chi connectivity index (χ1v) is 11.7. The van der Waals surface area contributed by atoms with Gasteiger partial charge in [0.25, 0.3) is 5.91 Å². The summed E-state index contributed by atoms with van der Waals surface area (Å²) < 4.78 is 0. The van der Waals surface area contributed by atoms with Crippen LogP contribution in [0, 0.1) is 12.3 Å². The van der Waals surface area contributed by atoms with Crippen molar-refractivity contribution in [1.29, 1.82) is 0 Å². The molecule has 1 aliphatic heterocycles. The number of halogens is 1. The molecular formula is C26H27ClN4O. The molecule has 1 saturated carbocycles. The van der Waals surface area contributed by atoms with Gasteiger partial charge in [0.15, 0.2) is 5.82 Å². The first kappa shape index (κ1) is 21.1. The number of benzene rings is 1. The maximum absolute atomic E-state index is 13.8. The number of rotatable bonds is 5. The van der Waals surface area contributed by atoms with E-state index in [1.165, 1.54) is 12.8 Å². The molecule has 1 amide bonds. The van der Waals surface area contributed by atoms with Crippen LogP contribution in [-0.4, -0.2) is 38.3 Å².